The van der Waals surface area contributed by atoms with Crippen molar-refractivity contribution in [1.82, 2.24) is 0 Å². The lowest BCUT2D eigenvalue weighted by Crippen LogP contribution is -1.86. The van der Waals surface area contributed by atoms with E-state index >= 15 is 0 Å². The molecule has 0 amide bonds. The molecule has 0 radical (unpaired) electrons. The van der Waals surface area contributed by atoms with Crippen LogP contribution in [-0.2, 0) is 0 Å². The molecule has 1 aromatic carbocycles. The molecule has 0 aromatic heterocycles. The Morgan fingerprint density at radius 2 is 2.10 bits per heavy atom. The third-order valence-corrected chi connectivity index (χ3v) is 1.61. The Balaban J connectivity index is 2.81. The number of para-hydroxylation sites is 1. The molecule has 2 nitrogen and oxygen atoms in total. The Bertz CT molecular complexity index is 215. The third-order valence-electron chi connectivity index (χ3n) is 1.30. The Kier molecular flexibility index (Phi) is 2.59. The van der Waals surface area contributed by atoms with Crippen LogP contribution < -0.4 is 4.72 Å². The molecular weight excluding hydrogens is 146 g/mol. The van der Waals surface area contributed by atoms with Crippen molar-refractivity contribution >= 4 is 17.9 Å². The zero-order chi connectivity index (χ0) is 7.40. The number of aryl methyl sites for hydroxylation is 1. The van der Waals surface area contributed by atoms with Crippen molar-refractivity contribution in [3.63, 3.8) is 0 Å². The van der Waals surface area contributed by atoms with Crippen molar-refractivity contribution in [3.05, 3.63) is 29.8 Å². The standard InChI is InChI=1S/C7H9NOS/c1-6-4-2-3-5-7(6)8-10-9/h2-5,8-9H,1H3. The van der Waals surface area contributed by atoms with Crippen LogP contribution in [0.25, 0.3) is 0 Å². The highest BCUT2D eigenvalue weighted by Crippen LogP contribution is 2.15. The first kappa shape index (κ1) is 7.44. The van der Waals surface area contributed by atoms with E-state index < -0.39 is 0 Å². The van der Waals surface area contributed by atoms with Crippen molar-refractivity contribution in [3.8, 4) is 0 Å². The zero-order valence-electron chi connectivity index (χ0n) is 5.66. The van der Waals surface area contributed by atoms with Crippen LogP contribution in [0.5, 0.6) is 0 Å². The highest BCUT2D eigenvalue weighted by Gasteiger charge is 1.92. The van der Waals surface area contributed by atoms with Crippen molar-refractivity contribution in [2.45, 2.75) is 6.92 Å². The van der Waals surface area contributed by atoms with Crippen molar-refractivity contribution < 1.29 is 4.55 Å². The molecule has 10 heavy (non-hydrogen) atoms. The number of rotatable bonds is 2. The molecule has 54 valence electrons. The van der Waals surface area contributed by atoms with Gasteiger partial charge in [0.1, 0.15) is 12.2 Å². The van der Waals surface area contributed by atoms with E-state index in [0.29, 0.717) is 12.2 Å². The zero-order valence-corrected chi connectivity index (χ0v) is 6.48. The van der Waals surface area contributed by atoms with Crippen LogP contribution in [0.2, 0.25) is 0 Å². The summed E-state index contributed by atoms with van der Waals surface area (Å²) in [6.07, 6.45) is 0. The smallest absolute Gasteiger partial charge is 0.108 e. The molecule has 0 bridgehead atoms. The highest BCUT2D eigenvalue weighted by atomic mass is 32.2. The molecule has 0 saturated carbocycles. The summed E-state index contributed by atoms with van der Waals surface area (Å²) in [6.45, 7) is 1.98. The van der Waals surface area contributed by atoms with E-state index in [1.54, 1.807) is 0 Å². The van der Waals surface area contributed by atoms with Gasteiger partial charge in [0.15, 0.2) is 0 Å². The summed E-state index contributed by atoms with van der Waals surface area (Å²) >= 11 is 0.619. The quantitative estimate of drug-likeness (QED) is 0.508. The first-order chi connectivity index (χ1) is 4.84. The average molecular weight is 155 g/mol. The predicted molar refractivity (Wildman–Crippen MR) is 45.0 cm³/mol. The molecule has 0 aliphatic heterocycles. The van der Waals surface area contributed by atoms with E-state index in [-0.39, 0.29) is 0 Å². The molecule has 0 fully saturated rings. The van der Waals surface area contributed by atoms with Crippen molar-refractivity contribution in [2.24, 2.45) is 0 Å². The second-order valence-corrected chi connectivity index (χ2v) is 2.39. The molecular formula is C7H9NOS. The lowest BCUT2D eigenvalue weighted by molar-refractivity contribution is 0.668. The van der Waals surface area contributed by atoms with Gasteiger partial charge in [0.2, 0.25) is 0 Å². The molecule has 0 atom stereocenters. The monoisotopic (exact) mass is 155 g/mol. The largest absolute Gasteiger partial charge is 0.312 e. The summed E-state index contributed by atoms with van der Waals surface area (Å²) in [5.41, 5.74) is 2.08. The summed E-state index contributed by atoms with van der Waals surface area (Å²) in [6, 6.07) is 7.78. The van der Waals surface area contributed by atoms with Gasteiger partial charge < -0.3 is 9.27 Å². The highest BCUT2D eigenvalue weighted by molar-refractivity contribution is 7.95. The average Bonchev–Trinajstić information content (AvgIpc) is 1.94. The minimum Gasteiger partial charge on any atom is -0.312 e. The maximum atomic E-state index is 8.45. The third kappa shape index (κ3) is 1.65. The van der Waals surface area contributed by atoms with Gasteiger partial charge in [0, 0.05) is 5.69 Å². The molecule has 0 aliphatic carbocycles. The minimum atomic E-state index is 0.619. The summed E-state index contributed by atoms with van der Waals surface area (Å²) in [5.74, 6) is 0. The van der Waals surface area contributed by atoms with Gasteiger partial charge in [-0.05, 0) is 18.6 Å². The van der Waals surface area contributed by atoms with Crippen LogP contribution >= 0.6 is 12.2 Å². The summed E-state index contributed by atoms with van der Waals surface area (Å²) in [7, 11) is 0. The molecule has 3 heteroatoms. The molecule has 0 spiro atoms. The fourth-order valence-electron chi connectivity index (χ4n) is 0.737. The van der Waals surface area contributed by atoms with Crippen molar-refractivity contribution in [2.75, 3.05) is 4.72 Å². The molecule has 1 aromatic rings. The van der Waals surface area contributed by atoms with Gasteiger partial charge in [-0.25, -0.2) is 0 Å². The fourth-order valence-corrected chi connectivity index (χ4v) is 1.06. The summed E-state index contributed by atoms with van der Waals surface area (Å²) in [5, 5.41) is 0. The van der Waals surface area contributed by atoms with Gasteiger partial charge in [-0.2, -0.15) is 0 Å². The van der Waals surface area contributed by atoms with Crippen LogP contribution in [0.4, 0.5) is 5.69 Å². The van der Waals surface area contributed by atoms with E-state index in [4.69, 9.17) is 4.55 Å². The molecule has 0 heterocycles. The first-order valence-corrected chi connectivity index (χ1v) is 3.74. The Labute approximate surface area is 64.6 Å². The maximum absolute atomic E-state index is 8.45. The van der Waals surface area contributed by atoms with Crippen LogP contribution in [0.1, 0.15) is 5.56 Å². The van der Waals surface area contributed by atoms with Crippen LogP contribution in [0.15, 0.2) is 24.3 Å². The number of benzene rings is 1. The van der Waals surface area contributed by atoms with Crippen molar-refractivity contribution in [1.29, 1.82) is 0 Å². The minimum absolute atomic E-state index is 0.619. The number of nitrogens with one attached hydrogen (secondary N) is 1. The van der Waals surface area contributed by atoms with E-state index in [1.807, 2.05) is 31.2 Å². The Morgan fingerprint density at radius 1 is 1.40 bits per heavy atom. The van der Waals surface area contributed by atoms with Gasteiger partial charge in [0.25, 0.3) is 0 Å². The first-order valence-electron chi connectivity index (χ1n) is 2.96. The number of anilines is 1. The number of hydrogen-bond donors (Lipinski definition) is 2. The Hall–Kier alpha value is -0.670. The number of hydrogen-bond acceptors (Lipinski definition) is 3. The molecule has 2 N–H and O–H groups in total. The predicted octanol–water partition coefficient (Wildman–Crippen LogP) is 2.53. The van der Waals surface area contributed by atoms with E-state index in [9.17, 15) is 0 Å². The second-order valence-electron chi connectivity index (χ2n) is 2.01. The molecule has 0 saturated heterocycles. The van der Waals surface area contributed by atoms with Gasteiger partial charge in [-0.3, -0.25) is 0 Å². The van der Waals surface area contributed by atoms with Gasteiger partial charge in [-0.15, -0.1) is 0 Å². The van der Waals surface area contributed by atoms with E-state index in [0.717, 1.165) is 11.3 Å². The Morgan fingerprint density at radius 3 is 2.70 bits per heavy atom. The maximum Gasteiger partial charge on any atom is 0.108 e. The molecule has 0 aliphatic rings. The van der Waals surface area contributed by atoms with Gasteiger partial charge >= 0.3 is 0 Å². The topological polar surface area (TPSA) is 32.3 Å². The molecule has 1 rings (SSSR count). The van der Waals surface area contributed by atoms with Crippen LogP contribution in [-0.4, -0.2) is 4.55 Å². The lowest BCUT2D eigenvalue weighted by atomic mass is 10.2. The van der Waals surface area contributed by atoms with Crippen LogP contribution in [0, 0.1) is 6.92 Å². The van der Waals surface area contributed by atoms with Gasteiger partial charge in [-0.1, -0.05) is 18.2 Å². The SMILES string of the molecule is Cc1ccccc1NSO. The normalized spacial score (nSPS) is 9.40. The summed E-state index contributed by atoms with van der Waals surface area (Å²) < 4.78 is 11.2. The fraction of sp³-hybridized carbons (Fsp3) is 0.143. The molecule has 0 unspecified atom stereocenters. The summed E-state index contributed by atoms with van der Waals surface area (Å²) in [4.78, 5) is 0. The lowest BCUT2D eigenvalue weighted by Gasteiger charge is -2.02. The van der Waals surface area contributed by atoms with E-state index in [2.05, 4.69) is 4.72 Å². The van der Waals surface area contributed by atoms with E-state index in [1.165, 1.54) is 0 Å². The van der Waals surface area contributed by atoms with Gasteiger partial charge in [0.05, 0.1) is 0 Å². The second kappa shape index (κ2) is 3.49. The van der Waals surface area contributed by atoms with Crippen LogP contribution in [0.3, 0.4) is 0 Å².